The van der Waals surface area contributed by atoms with E-state index in [1.165, 1.54) is 11.1 Å². The summed E-state index contributed by atoms with van der Waals surface area (Å²) in [6, 6.07) is 4.28. The van der Waals surface area contributed by atoms with Gasteiger partial charge in [0.1, 0.15) is 17.9 Å². The second kappa shape index (κ2) is 9.02. The molecule has 5 rings (SSSR count). The number of fused-ring (bicyclic) bond motifs is 1. The lowest BCUT2D eigenvalue weighted by atomic mass is 9.96. The Morgan fingerprint density at radius 1 is 1.15 bits per heavy atom. The van der Waals surface area contributed by atoms with Gasteiger partial charge in [-0.25, -0.2) is 9.97 Å². The van der Waals surface area contributed by atoms with Crippen molar-refractivity contribution in [2.75, 3.05) is 30.5 Å². The Bertz CT molecular complexity index is 1160. The highest BCUT2D eigenvalue weighted by Gasteiger charge is 2.29. The molecule has 3 heterocycles. The number of nitrogens with one attached hydrogen (secondary N) is 1. The molecule has 2 aromatic heterocycles. The van der Waals surface area contributed by atoms with Gasteiger partial charge in [-0.15, -0.1) is 0 Å². The molecule has 8 heteroatoms. The summed E-state index contributed by atoms with van der Waals surface area (Å²) in [5.41, 5.74) is 5.66. The quantitative estimate of drug-likeness (QED) is 0.592. The van der Waals surface area contributed by atoms with Crippen molar-refractivity contribution in [1.29, 1.82) is 0 Å². The first-order chi connectivity index (χ1) is 16.1. The molecule has 33 heavy (non-hydrogen) atoms. The van der Waals surface area contributed by atoms with Crippen LogP contribution < -0.4 is 15.0 Å². The third-order valence-corrected chi connectivity index (χ3v) is 6.97. The van der Waals surface area contributed by atoms with E-state index in [1.54, 1.807) is 13.4 Å². The predicted molar refractivity (Wildman–Crippen MR) is 129 cm³/mol. The molecule has 1 aromatic carbocycles. The number of benzene rings is 1. The fourth-order valence-corrected chi connectivity index (χ4v) is 4.98. The molecule has 0 unspecified atom stereocenters. The first-order valence-corrected chi connectivity index (χ1v) is 11.8. The molecule has 0 spiro atoms. The highest BCUT2D eigenvalue weighted by molar-refractivity contribution is 5.58. The van der Waals surface area contributed by atoms with Crippen LogP contribution in [0.3, 0.4) is 0 Å². The van der Waals surface area contributed by atoms with Crippen LogP contribution in [0.15, 0.2) is 24.7 Å². The van der Waals surface area contributed by atoms with E-state index in [2.05, 4.69) is 35.1 Å². The number of aliphatic hydroxyl groups is 1. The summed E-state index contributed by atoms with van der Waals surface area (Å²) in [5.74, 6) is 3.10. The number of hydrogen-bond acceptors (Lipinski definition) is 7. The number of nitrogens with zero attached hydrogens (tertiary/aromatic N) is 5. The third kappa shape index (κ3) is 4.15. The fourth-order valence-electron chi connectivity index (χ4n) is 4.98. The molecule has 174 valence electrons. The predicted octanol–water partition coefficient (Wildman–Crippen LogP) is 3.87. The van der Waals surface area contributed by atoms with Gasteiger partial charge in [0.2, 0.25) is 5.95 Å². The number of hydrogen-bond donors (Lipinski definition) is 2. The second-order valence-corrected chi connectivity index (χ2v) is 9.06. The van der Waals surface area contributed by atoms with Gasteiger partial charge in [-0.05, 0) is 69.6 Å². The molecule has 3 aromatic rings. The van der Waals surface area contributed by atoms with Gasteiger partial charge in [0.15, 0.2) is 5.82 Å². The van der Waals surface area contributed by atoms with Crippen molar-refractivity contribution in [3.05, 3.63) is 47.0 Å². The average Bonchev–Trinajstić information content (AvgIpc) is 3.50. The topological polar surface area (TPSA) is 88.3 Å². The minimum atomic E-state index is 0.137. The summed E-state index contributed by atoms with van der Waals surface area (Å²) in [7, 11) is 1.69. The van der Waals surface area contributed by atoms with E-state index in [1.807, 2.05) is 16.8 Å². The van der Waals surface area contributed by atoms with Gasteiger partial charge in [0.05, 0.1) is 37.3 Å². The van der Waals surface area contributed by atoms with E-state index in [4.69, 9.17) is 14.7 Å². The Hall–Kier alpha value is -3.13. The lowest BCUT2D eigenvalue weighted by Crippen LogP contribution is -2.34. The smallest absolute Gasteiger partial charge is 0.230 e. The van der Waals surface area contributed by atoms with Gasteiger partial charge in [-0.1, -0.05) is 0 Å². The number of ether oxygens (including phenoxy) is 1. The Morgan fingerprint density at radius 3 is 2.82 bits per heavy atom. The molecular weight excluding hydrogens is 416 g/mol. The van der Waals surface area contributed by atoms with Crippen molar-refractivity contribution in [3.63, 3.8) is 0 Å². The van der Waals surface area contributed by atoms with Gasteiger partial charge in [-0.3, -0.25) is 0 Å². The molecule has 1 aliphatic carbocycles. The van der Waals surface area contributed by atoms with E-state index < -0.39 is 0 Å². The average molecular weight is 449 g/mol. The standard InChI is InChI=1S/C25H32N6O2/c1-16-11-19(12-22(33-3)17(16)2)30-13-23(26-15-30)28-25-27-21-9-5-4-8-20(21)24(29-25)31-10-6-7-18(31)14-32/h11-13,15,18,32H,4-10,14H2,1-3H3,(H,27,28,29)/t18-/m0/s1. The van der Waals surface area contributed by atoms with E-state index >= 15 is 0 Å². The zero-order chi connectivity index (χ0) is 22.9. The maximum absolute atomic E-state index is 9.87. The number of rotatable bonds is 6. The number of aromatic nitrogens is 4. The first-order valence-electron chi connectivity index (χ1n) is 11.8. The first kappa shape index (κ1) is 21.7. The van der Waals surface area contributed by atoms with Crippen molar-refractivity contribution in [2.45, 2.75) is 58.4 Å². The Labute approximate surface area is 194 Å². The van der Waals surface area contributed by atoms with Gasteiger partial charge in [0, 0.05) is 18.2 Å². The van der Waals surface area contributed by atoms with Crippen molar-refractivity contribution in [1.82, 2.24) is 19.5 Å². The van der Waals surface area contributed by atoms with Crippen LogP contribution >= 0.6 is 0 Å². The molecular formula is C25H32N6O2. The molecule has 1 fully saturated rings. The normalized spacial score (nSPS) is 17.8. The Morgan fingerprint density at radius 2 is 2.00 bits per heavy atom. The molecule has 8 nitrogen and oxygen atoms in total. The summed E-state index contributed by atoms with van der Waals surface area (Å²) in [4.78, 5) is 16.6. The number of imidazole rings is 1. The molecule has 0 saturated carbocycles. The molecule has 0 amide bonds. The third-order valence-electron chi connectivity index (χ3n) is 6.97. The number of aryl methyl sites for hydroxylation is 2. The number of aliphatic hydroxyl groups excluding tert-OH is 1. The summed E-state index contributed by atoms with van der Waals surface area (Å²) >= 11 is 0. The van der Waals surface area contributed by atoms with Crippen molar-refractivity contribution >= 4 is 17.6 Å². The van der Waals surface area contributed by atoms with Crippen molar-refractivity contribution in [3.8, 4) is 11.4 Å². The highest BCUT2D eigenvalue weighted by atomic mass is 16.5. The minimum absolute atomic E-state index is 0.137. The highest BCUT2D eigenvalue weighted by Crippen LogP contribution is 2.34. The zero-order valence-electron chi connectivity index (χ0n) is 19.6. The van der Waals surface area contributed by atoms with Crippen molar-refractivity contribution < 1.29 is 9.84 Å². The van der Waals surface area contributed by atoms with Crippen LogP contribution in [0.4, 0.5) is 17.6 Å². The van der Waals surface area contributed by atoms with Gasteiger partial charge in [-0.2, -0.15) is 4.98 Å². The van der Waals surface area contributed by atoms with Crippen LogP contribution in [0.25, 0.3) is 5.69 Å². The maximum atomic E-state index is 9.87. The Balaban J connectivity index is 1.45. The van der Waals surface area contributed by atoms with Gasteiger partial charge in [0.25, 0.3) is 0 Å². The molecule has 0 radical (unpaired) electrons. The molecule has 0 bridgehead atoms. The van der Waals surface area contributed by atoms with Crippen LogP contribution in [0, 0.1) is 13.8 Å². The number of anilines is 3. The van der Waals surface area contributed by atoms with Crippen LogP contribution in [0.2, 0.25) is 0 Å². The fraction of sp³-hybridized carbons (Fsp3) is 0.480. The van der Waals surface area contributed by atoms with E-state index in [-0.39, 0.29) is 12.6 Å². The van der Waals surface area contributed by atoms with Gasteiger partial charge < -0.3 is 24.6 Å². The molecule has 2 N–H and O–H groups in total. The Kier molecular flexibility index (Phi) is 5.93. The summed E-state index contributed by atoms with van der Waals surface area (Å²) in [6.07, 6.45) is 10.1. The lowest BCUT2D eigenvalue weighted by molar-refractivity contribution is 0.266. The molecule has 2 aliphatic rings. The maximum Gasteiger partial charge on any atom is 0.230 e. The summed E-state index contributed by atoms with van der Waals surface area (Å²) in [5, 5.41) is 13.2. The summed E-state index contributed by atoms with van der Waals surface area (Å²) < 4.78 is 7.50. The van der Waals surface area contributed by atoms with Crippen LogP contribution in [-0.2, 0) is 12.8 Å². The van der Waals surface area contributed by atoms with Crippen LogP contribution in [0.1, 0.15) is 48.1 Å². The molecule has 1 aliphatic heterocycles. The van der Waals surface area contributed by atoms with Crippen LogP contribution in [0.5, 0.6) is 5.75 Å². The lowest BCUT2D eigenvalue weighted by Gasteiger charge is -2.29. The van der Waals surface area contributed by atoms with E-state index in [0.29, 0.717) is 11.8 Å². The second-order valence-electron chi connectivity index (χ2n) is 9.06. The molecule has 1 atom stereocenters. The zero-order valence-corrected chi connectivity index (χ0v) is 19.6. The number of methoxy groups -OCH3 is 1. The SMILES string of the molecule is COc1cc(-n2cnc(Nc3nc4c(c(N5CCC[C@H]5CO)n3)CCCC4)c2)cc(C)c1C. The van der Waals surface area contributed by atoms with Gasteiger partial charge >= 0.3 is 0 Å². The van der Waals surface area contributed by atoms with E-state index in [9.17, 15) is 5.11 Å². The van der Waals surface area contributed by atoms with Crippen LogP contribution in [-0.4, -0.2) is 50.9 Å². The monoisotopic (exact) mass is 448 g/mol. The molecule has 1 saturated heterocycles. The minimum Gasteiger partial charge on any atom is -0.496 e. The largest absolute Gasteiger partial charge is 0.496 e. The van der Waals surface area contributed by atoms with Crippen molar-refractivity contribution in [2.24, 2.45) is 0 Å². The van der Waals surface area contributed by atoms with E-state index in [0.717, 1.165) is 73.6 Å². The summed E-state index contributed by atoms with van der Waals surface area (Å²) in [6.45, 7) is 5.23.